The second-order valence-electron chi connectivity index (χ2n) is 8.06. The summed E-state index contributed by atoms with van der Waals surface area (Å²) in [5, 5.41) is 0. The molecule has 27 heavy (non-hydrogen) atoms. The minimum atomic E-state index is -0.105. The number of rotatable bonds is 2. The number of furan rings is 1. The van der Waals surface area contributed by atoms with Crippen molar-refractivity contribution in [3.8, 4) is 11.3 Å². The van der Waals surface area contributed by atoms with Gasteiger partial charge < -0.3 is 9.32 Å². The fraction of sp³-hybridized carbons (Fsp3) is 0.318. The summed E-state index contributed by atoms with van der Waals surface area (Å²) in [5.74, 6) is 2.50. The Morgan fingerprint density at radius 3 is 2.44 bits per heavy atom. The lowest BCUT2D eigenvalue weighted by molar-refractivity contribution is 0.0750. The van der Waals surface area contributed by atoms with E-state index in [1.807, 2.05) is 54.4 Å². The third kappa shape index (κ3) is 3.37. The van der Waals surface area contributed by atoms with Crippen LogP contribution < -0.4 is 0 Å². The summed E-state index contributed by atoms with van der Waals surface area (Å²) in [6, 6.07) is 11.4. The highest BCUT2D eigenvalue weighted by Gasteiger charge is 2.28. The molecule has 0 radical (unpaired) electrons. The van der Waals surface area contributed by atoms with E-state index in [1.54, 1.807) is 0 Å². The largest absolute Gasteiger partial charge is 0.461 e. The first kappa shape index (κ1) is 17.5. The van der Waals surface area contributed by atoms with E-state index in [0.29, 0.717) is 18.7 Å². The van der Waals surface area contributed by atoms with Crippen LogP contribution in [0.4, 0.5) is 0 Å². The van der Waals surface area contributed by atoms with Crippen molar-refractivity contribution in [1.82, 2.24) is 14.9 Å². The molecule has 0 N–H and O–H groups in total. The van der Waals surface area contributed by atoms with Gasteiger partial charge in [-0.3, -0.25) is 4.79 Å². The Morgan fingerprint density at radius 1 is 1.07 bits per heavy atom. The molecule has 0 spiro atoms. The molecule has 0 saturated heterocycles. The first-order valence-corrected chi connectivity index (χ1v) is 9.13. The van der Waals surface area contributed by atoms with Crippen molar-refractivity contribution in [2.24, 2.45) is 0 Å². The van der Waals surface area contributed by atoms with E-state index in [1.165, 1.54) is 0 Å². The molecular formula is C22H23N3O2. The van der Waals surface area contributed by atoms with Gasteiger partial charge in [0.25, 0.3) is 5.91 Å². The fourth-order valence-electron chi connectivity index (χ4n) is 3.21. The zero-order valence-corrected chi connectivity index (χ0v) is 16.1. The summed E-state index contributed by atoms with van der Waals surface area (Å²) in [4.78, 5) is 23.9. The molecule has 3 heterocycles. The normalized spacial score (nSPS) is 13.7. The highest BCUT2D eigenvalue weighted by molar-refractivity contribution is 5.94. The van der Waals surface area contributed by atoms with E-state index >= 15 is 0 Å². The van der Waals surface area contributed by atoms with E-state index < -0.39 is 0 Å². The highest BCUT2D eigenvalue weighted by atomic mass is 16.3. The van der Waals surface area contributed by atoms with Crippen molar-refractivity contribution in [3.63, 3.8) is 0 Å². The lowest BCUT2D eigenvalue weighted by atomic mass is 9.95. The van der Waals surface area contributed by atoms with Gasteiger partial charge in [0, 0.05) is 34.8 Å². The summed E-state index contributed by atoms with van der Waals surface area (Å²) in [7, 11) is 0. The van der Waals surface area contributed by atoms with Gasteiger partial charge in [0.05, 0.1) is 12.2 Å². The van der Waals surface area contributed by atoms with Gasteiger partial charge in [-0.1, -0.05) is 32.9 Å². The molecule has 138 valence electrons. The SMILES string of the molecule is Cc1ccc(-c2ccc(C(=O)N3Cc4cnc(C(C)(C)C)nc4C3)cc2)o1. The molecule has 1 aliphatic rings. The summed E-state index contributed by atoms with van der Waals surface area (Å²) in [6.07, 6.45) is 1.86. The molecule has 1 amide bonds. The van der Waals surface area contributed by atoms with Crippen LogP contribution in [0.25, 0.3) is 11.3 Å². The maximum Gasteiger partial charge on any atom is 0.254 e. The van der Waals surface area contributed by atoms with Gasteiger partial charge in [0.2, 0.25) is 0 Å². The summed E-state index contributed by atoms with van der Waals surface area (Å²) in [5.41, 5.74) is 3.50. The molecule has 1 aliphatic heterocycles. The van der Waals surface area contributed by atoms with Gasteiger partial charge in [-0.15, -0.1) is 0 Å². The van der Waals surface area contributed by atoms with Crippen LogP contribution in [-0.2, 0) is 18.5 Å². The zero-order valence-electron chi connectivity index (χ0n) is 16.1. The molecule has 0 unspecified atom stereocenters. The van der Waals surface area contributed by atoms with Crippen LogP contribution in [-0.4, -0.2) is 20.8 Å². The average Bonchev–Trinajstić information content (AvgIpc) is 3.26. The van der Waals surface area contributed by atoms with Crippen LogP contribution in [0.2, 0.25) is 0 Å². The van der Waals surface area contributed by atoms with E-state index in [0.717, 1.165) is 34.2 Å². The molecule has 3 aromatic rings. The molecule has 0 atom stereocenters. The summed E-state index contributed by atoms with van der Waals surface area (Å²) in [6.45, 7) is 9.27. The van der Waals surface area contributed by atoms with Crippen LogP contribution in [0.1, 0.15) is 54.0 Å². The first-order valence-electron chi connectivity index (χ1n) is 9.13. The number of aromatic nitrogens is 2. The van der Waals surface area contributed by atoms with Crippen LogP contribution in [0.3, 0.4) is 0 Å². The molecule has 0 bridgehead atoms. The Hall–Kier alpha value is -2.95. The number of nitrogens with zero attached hydrogens (tertiary/aromatic N) is 3. The standard InChI is InChI=1S/C22H23N3O2/c1-14-5-10-19(27-14)15-6-8-16(9-7-15)20(26)25-12-17-11-23-21(22(2,3)4)24-18(17)13-25/h5-11H,12-13H2,1-4H3. The number of carbonyl (C=O) groups is 1. The van der Waals surface area contributed by atoms with Gasteiger partial charge in [-0.2, -0.15) is 0 Å². The van der Waals surface area contributed by atoms with Crippen LogP contribution >= 0.6 is 0 Å². The minimum absolute atomic E-state index is 0.00693. The Balaban J connectivity index is 1.52. The quantitative estimate of drug-likeness (QED) is 0.674. The van der Waals surface area contributed by atoms with Gasteiger partial charge in [-0.25, -0.2) is 9.97 Å². The molecule has 5 nitrogen and oxygen atoms in total. The Labute approximate surface area is 159 Å². The maximum absolute atomic E-state index is 12.9. The van der Waals surface area contributed by atoms with Crippen molar-refractivity contribution in [2.45, 2.75) is 46.2 Å². The van der Waals surface area contributed by atoms with Gasteiger partial charge in [0.15, 0.2) is 0 Å². The monoisotopic (exact) mass is 361 g/mol. The molecule has 0 saturated carbocycles. The predicted molar refractivity (Wildman–Crippen MR) is 103 cm³/mol. The van der Waals surface area contributed by atoms with Crippen molar-refractivity contribution >= 4 is 5.91 Å². The summed E-state index contributed by atoms with van der Waals surface area (Å²) < 4.78 is 5.64. The Bertz CT molecular complexity index is 997. The first-order chi connectivity index (χ1) is 12.8. The number of benzene rings is 1. The lowest BCUT2D eigenvalue weighted by Crippen LogP contribution is -2.25. The second kappa shape index (κ2) is 6.34. The summed E-state index contributed by atoms with van der Waals surface area (Å²) >= 11 is 0. The molecule has 2 aromatic heterocycles. The fourth-order valence-corrected chi connectivity index (χ4v) is 3.21. The number of fused-ring (bicyclic) bond motifs is 1. The third-order valence-corrected chi connectivity index (χ3v) is 4.77. The van der Waals surface area contributed by atoms with E-state index in [4.69, 9.17) is 4.42 Å². The van der Waals surface area contributed by atoms with Crippen molar-refractivity contribution in [2.75, 3.05) is 0 Å². The van der Waals surface area contributed by atoms with Crippen molar-refractivity contribution in [3.05, 3.63) is 71.0 Å². The van der Waals surface area contributed by atoms with E-state index in [9.17, 15) is 4.79 Å². The van der Waals surface area contributed by atoms with Crippen LogP contribution in [0.15, 0.2) is 47.0 Å². The zero-order chi connectivity index (χ0) is 19.2. The molecule has 4 rings (SSSR count). The molecular weight excluding hydrogens is 338 g/mol. The van der Waals surface area contributed by atoms with E-state index in [-0.39, 0.29) is 11.3 Å². The second-order valence-corrected chi connectivity index (χ2v) is 8.06. The molecule has 1 aromatic carbocycles. The smallest absolute Gasteiger partial charge is 0.254 e. The number of amides is 1. The number of aryl methyl sites for hydroxylation is 1. The minimum Gasteiger partial charge on any atom is -0.461 e. The Kier molecular flexibility index (Phi) is 4.10. The molecule has 0 aliphatic carbocycles. The number of hydrogen-bond donors (Lipinski definition) is 0. The van der Waals surface area contributed by atoms with Gasteiger partial charge >= 0.3 is 0 Å². The molecule has 0 fully saturated rings. The van der Waals surface area contributed by atoms with Crippen molar-refractivity contribution < 1.29 is 9.21 Å². The average molecular weight is 361 g/mol. The van der Waals surface area contributed by atoms with E-state index in [2.05, 4.69) is 30.7 Å². The van der Waals surface area contributed by atoms with Crippen molar-refractivity contribution in [1.29, 1.82) is 0 Å². The number of hydrogen-bond acceptors (Lipinski definition) is 4. The maximum atomic E-state index is 12.9. The van der Waals surface area contributed by atoms with Crippen LogP contribution in [0.5, 0.6) is 0 Å². The third-order valence-electron chi connectivity index (χ3n) is 4.77. The van der Waals surface area contributed by atoms with Crippen LogP contribution in [0, 0.1) is 6.92 Å². The topological polar surface area (TPSA) is 59.2 Å². The van der Waals surface area contributed by atoms with Gasteiger partial charge in [-0.05, 0) is 31.2 Å². The molecule has 5 heteroatoms. The Morgan fingerprint density at radius 2 is 1.81 bits per heavy atom. The van der Waals surface area contributed by atoms with Gasteiger partial charge in [0.1, 0.15) is 17.3 Å². The predicted octanol–water partition coefficient (Wildman–Crippen LogP) is 4.50. The number of carbonyl (C=O) groups excluding carboxylic acids is 1. The lowest BCUT2D eigenvalue weighted by Gasteiger charge is -2.16. The highest BCUT2D eigenvalue weighted by Crippen LogP contribution is 2.27.